The lowest BCUT2D eigenvalue weighted by Gasteiger charge is -2.23. The fraction of sp³-hybridized carbons (Fsp3) is 0.444. The van der Waals surface area contributed by atoms with Crippen molar-refractivity contribution in [3.63, 3.8) is 0 Å². The molecular weight excluding hydrogens is 314 g/mol. The number of carbonyl (C=O) groups excluding carboxylic acids is 2. The Balaban J connectivity index is 1.63. The van der Waals surface area contributed by atoms with E-state index in [1.807, 2.05) is 26.0 Å². The molecule has 0 bridgehead atoms. The van der Waals surface area contributed by atoms with E-state index in [9.17, 15) is 9.59 Å². The van der Waals surface area contributed by atoms with E-state index >= 15 is 0 Å². The zero-order valence-corrected chi connectivity index (χ0v) is 14.1. The van der Waals surface area contributed by atoms with Crippen LogP contribution in [0.2, 0.25) is 5.02 Å². The molecule has 4 nitrogen and oxygen atoms in total. The molecule has 1 aliphatic carbocycles. The van der Waals surface area contributed by atoms with Gasteiger partial charge in [-0.05, 0) is 38.8 Å². The predicted molar refractivity (Wildman–Crippen MR) is 88.3 cm³/mol. The normalized spacial score (nSPS) is 24.2. The molecule has 0 radical (unpaired) electrons. The van der Waals surface area contributed by atoms with Gasteiger partial charge in [-0.1, -0.05) is 34.9 Å². The number of carbonyl (C=O) groups is 2. The van der Waals surface area contributed by atoms with Gasteiger partial charge >= 0.3 is 0 Å². The second-order valence-electron chi connectivity index (χ2n) is 6.29. The van der Waals surface area contributed by atoms with Crippen LogP contribution in [0.3, 0.4) is 0 Å². The van der Waals surface area contributed by atoms with E-state index in [1.54, 1.807) is 12.1 Å². The third kappa shape index (κ3) is 3.00. The van der Waals surface area contributed by atoms with Crippen LogP contribution in [0.1, 0.15) is 26.7 Å². The molecule has 0 N–H and O–H groups in total. The molecule has 23 heavy (non-hydrogen) atoms. The number of halogens is 1. The molecule has 1 aromatic rings. The highest BCUT2D eigenvalue weighted by atomic mass is 35.5. The number of rotatable bonds is 4. The Kier molecular flexibility index (Phi) is 4.44. The van der Waals surface area contributed by atoms with Gasteiger partial charge in [-0.3, -0.25) is 14.5 Å². The first-order valence-corrected chi connectivity index (χ1v) is 8.24. The van der Waals surface area contributed by atoms with E-state index in [1.165, 1.54) is 16.0 Å². The van der Waals surface area contributed by atoms with Crippen molar-refractivity contribution in [2.45, 2.75) is 26.7 Å². The monoisotopic (exact) mass is 333 g/mol. The van der Waals surface area contributed by atoms with Gasteiger partial charge in [-0.15, -0.1) is 0 Å². The Morgan fingerprint density at radius 1 is 1.09 bits per heavy atom. The minimum absolute atomic E-state index is 0.0605. The molecule has 1 aliphatic heterocycles. The smallest absolute Gasteiger partial charge is 0.233 e. The van der Waals surface area contributed by atoms with Gasteiger partial charge in [0.2, 0.25) is 11.8 Å². The zero-order chi connectivity index (χ0) is 16.6. The molecular formula is C18H20ClNO3. The third-order valence-electron chi connectivity index (χ3n) is 4.84. The second-order valence-corrected chi connectivity index (χ2v) is 6.70. The Morgan fingerprint density at radius 3 is 2.22 bits per heavy atom. The molecule has 0 unspecified atom stereocenters. The van der Waals surface area contributed by atoms with E-state index in [4.69, 9.17) is 16.3 Å². The number of ether oxygens (including phenoxy) is 1. The maximum Gasteiger partial charge on any atom is 0.233 e. The Morgan fingerprint density at radius 2 is 1.65 bits per heavy atom. The van der Waals surface area contributed by atoms with Crippen LogP contribution in [0.5, 0.6) is 5.75 Å². The van der Waals surface area contributed by atoms with Crippen LogP contribution in [-0.2, 0) is 9.59 Å². The summed E-state index contributed by atoms with van der Waals surface area (Å²) in [5.41, 5.74) is 2.48. The molecule has 5 heteroatoms. The number of allylic oxidation sites excluding steroid dienone is 2. The molecule has 1 fully saturated rings. The van der Waals surface area contributed by atoms with Crippen LogP contribution in [0.25, 0.3) is 0 Å². The number of amides is 2. The first-order valence-electron chi connectivity index (χ1n) is 7.87. The summed E-state index contributed by atoms with van der Waals surface area (Å²) in [4.78, 5) is 26.4. The number of imide groups is 1. The first-order chi connectivity index (χ1) is 11.0. The molecule has 3 rings (SSSR count). The molecule has 122 valence electrons. The number of para-hydroxylation sites is 1. The SMILES string of the molecule is CC1=C(C)C[C@H]2C(=O)N(CCOc3ccccc3Cl)C(=O)[C@@H]2C1. The molecule has 0 saturated carbocycles. The summed E-state index contributed by atoms with van der Waals surface area (Å²) in [6.45, 7) is 4.62. The second kappa shape index (κ2) is 6.36. The van der Waals surface area contributed by atoms with Crippen LogP contribution >= 0.6 is 11.6 Å². The molecule has 2 aliphatic rings. The van der Waals surface area contributed by atoms with E-state index in [0.29, 0.717) is 23.6 Å². The molecule has 2 atom stereocenters. The lowest BCUT2D eigenvalue weighted by Crippen LogP contribution is -2.34. The van der Waals surface area contributed by atoms with Gasteiger partial charge in [0.05, 0.1) is 23.4 Å². The summed E-state index contributed by atoms with van der Waals surface area (Å²) in [5, 5.41) is 0.524. The summed E-state index contributed by atoms with van der Waals surface area (Å²) in [6.07, 6.45) is 1.39. The molecule has 2 amide bonds. The molecule has 0 spiro atoms. The van der Waals surface area contributed by atoms with E-state index in [0.717, 1.165) is 0 Å². The minimum atomic E-state index is -0.188. The van der Waals surface area contributed by atoms with Crippen LogP contribution in [0.15, 0.2) is 35.4 Å². The summed E-state index contributed by atoms with van der Waals surface area (Å²) in [7, 11) is 0. The van der Waals surface area contributed by atoms with Crippen molar-refractivity contribution in [2.24, 2.45) is 11.8 Å². The van der Waals surface area contributed by atoms with Gasteiger partial charge in [-0.25, -0.2) is 0 Å². The number of hydrogen-bond donors (Lipinski definition) is 0. The van der Waals surface area contributed by atoms with Crippen molar-refractivity contribution in [1.29, 1.82) is 0 Å². The van der Waals surface area contributed by atoms with Gasteiger partial charge in [0.25, 0.3) is 0 Å². The number of fused-ring (bicyclic) bond motifs is 1. The lowest BCUT2D eigenvalue weighted by atomic mass is 9.78. The highest BCUT2D eigenvalue weighted by Gasteiger charge is 2.48. The van der Waals surface area contributed by atoms with Crippen molar-refractivity contribution in [3.05, 3.63) is 40.4 Å². The van der Waals surface area contributed by atoms with Crippen LogP contribution in [0.4, 0.5) is 0 Å². The fourth-order valence-electron chi connectivity index (χ4n) is 3.35. The third-order valence-corrected chi connectivity index (χ3v) is 5.15. The van der Waals surface area contributed by atoms with Crippen LogP contribution < -0.4 is 4.74 Å². The zero-order valence-electron chi connectivity index (χ0n) is 13.3. The number of nitrogens with zero attached hydrogens (tertiary/aromatic N) is 1. The first kappa shape index (κ1) is 16.1. The van der Waals surface area contributed by atoms with Crippen molar-refractivity contribution >= 4 is 23.4 Å². The largest absolute Gasteiger partial charge is 0.490 e. The van der Waals surface area contributed by atoms with Crippen molar-refractivity contribution in [1.82, 2.24) is 4.90 Å². The number of hydrogen-bond acceptors (Lipinski definition) is 3. The van der Waals surface area contributed by atoms with Gasteiger partial charge in [0, 0.05) is 0 Å². The summed E-state index contributed by atoms with van der Waals surface area (Å²) in [6, 6.07) is 7.17. The molecule has 1 saturated heterocycles. The highest BCUT2D eigenvalue weighted by molar-refractivity contribution is 6.32. The van der Waals surface area contributed by atoms with Gasteiger partial charge in [0.15, 0.2) is 0 Å². The standard InChI is InChI=1S/C18H20ClNO3/c1-11-9-13-14(10-12(11)2)18(22)20(17(13)21)7-8-23-16-6-4-3-5-15(16)19/h3-6,13-14H,7-10H2,1-2H3/t13-,14-/m1/s1. The highest BCUT2D eigenvalue weighted by Crippen LogP contribution is 2.40. The Bertz CT molecular complexity index is 651. The van der Waals surface area contributed by atoms with Gasteiger partial charge in [-0.2, -0.15) is 0 Å². The van der Waals surface area contributed by atoms with Crippen LogP contribution in [-0.4, -0.2) is 29.9 Å². The average Bonchev–Trinajstić information content (AvgIpc) is 2.74. The quantitative estimate of drug-likeness (QED) is 0.626. The Hall–Kier alpha value is -1.81. The number of likely N-dealkylation sites (tertiary alicyclic amines) is 1. The number of benzene rings is 1. The average molecular weight is 334 g/mol. The van der Waals surface area contributed by atoms with E-state index in [-0.39, 0.29) is 36.8 Å². The summed E-state index contributed by atoms with van der Waals surface area (Å²) >= 11 is 6.03. The Labute approximate surface area is 141 Å². The molecule has 1 heterocycles. The van der Waals surface area contributed by atoms with Crippen LogP contribution in [0, 0.1) is 11.8 Å². The maximum absolute atomic E-state index is 12.5. The summed E-state index contributed by atoms with van der Waals surface area (Å²) in [5.74, 6) is 0.0706. The fourth-order valence-corrected chi connectivity index (χ4v) is 3.54. The van der Waals surface area contributed by atoms with E-state index < -0.39 is 0 Å². The van der Waals surface area contributed by atoms with Gasteiger partial charge in [0.1, 0.15) is 12.4 Å². The summed E-state index contributed by atoms with van der Waals surface area (Å²) < 4.78 is 5.60. The van der Waals surface area contributed by atoms with Gasteiger partial charge < -0.3 is 4.74 Å². The molecule has 0 aromatic heterocycles. The van der Waals surface area contributed by atoms with Crippen molar-refractivity contribution in [2.75, 3.05) is 13.2 Å². The minimum Gasteiger partial charge on any atom is -0.490 e. The van der Waals surface area contributed by atoms with E-state index in [2.05, 4.69) is 0 Å². The molecule has 1 aromatic carbocycles. The predicted octanol–water partition coefficient (Wildman–Crippen LogP) is 3.45. The maximum atomic E-state index is 12.5. The lowest BCUT2D eigenvalue weighted by molar-refractivity contribution is -0.140. The topological polar surface area (TPSA) is 46.6 Å². The van der Waals surface area contributed by atoms with Crippen molar-refractivity contribution in [3.8, 4) is 5.75 Å². The van der Waals surface area contributed by atoms with Crippen molar-refractivity contribution < 1.29 is 14.3 Å².